The molecule has 0 spiro atoms. The number of nitrogens with zero attached hydrogens (tertiary/aromatic N) is 2. The van der Waals surface area contributed by atoms with Gasteiger partial charge in [0.2, 0.25) is 0 Å². The van der Waals surface area contributed by atoms with Crippen molar-refractivity contribution in [3.8, 4) is 0 Å². The van der Waals surface area contributed by atoms with Crippen molar-refractivity contribution < 1.29 is 0 Å². The average molecular weight is 92.1 g/mol. The fourth-order valence-corrected chi connectivity index (χ4v) is 0.332. The van der Waals surface area contributed by atoms with E-state index in [0.29, 0.717) is 5.82 Å². The highest BCUT2D eigenvalue weighted by Crippen LogP contribution is 1.96. The summed E-state index contributed by atoms with van der Waals surface area (Å²) in [5, 5.41) is 0. The van der Waals surface area contributed by atoms with Crippen molar-refractivity contribution in [3.05, 3.63) is 18.1 Å². The molecule has 0 saturated carbocycles. The van der Waals surface area contributed by atoms with Crippen LogP contribution in [-0.2, 0) is 0 Å². The van der Waals surface area contributed by atoms with E-state index in [1.807, 2.05) is 0 Å². The molecule has 0 aliphatic carbocycles. The zero-order valence-corrected chi connectivity index (χ0v) is 3.76. The minimum absolute atomic E-state index is 0.569. The largest absolute Gasteiger partial charge is 0.228 e. The Kier molecular flexibility index (Phi) is 0.886. The normalized spacial score (nSPS) is 15.1. The van der Waals surface area contributed by atoms with Crippen LogP contribution >= 0.6 is 0 Å². The monoisotopic (exact) mass is 92.0 g/mol. The molecule has 0 saturated heterocycles. The first-order chi connectivity index (χ1) is 3.43. The Morgan fingerprint density at radius 1 is 1.43 bits per heavy atom. The van der Waals surface area contributed by atoms with E-state index in [1.165, 1.54) is 0 Å². The molecule has 34 valence electrons. The summed E-state index contributed by atoms with van der Waals surface area (Å²) in [5.74, 6) is 0.569. The van der Waals surface area contributed by atoms with Crippen LogP contribution < -0.4 is 0 Å². The van der Waals surface area contributed by atoms with Gasteiger partial charge in [-0.1, -0.05) is 12.3 Å². The van der Waals surface area contributed by atoms with E-state index in [2.05, 4.69) is 22.3 Å². The summed E-state index contributed by atoms with van der Waals surface area (Å²) >= 11 is 0. The molecule has 0 fully saturated rings. The lowest BCUT2D eigenvalue weighted by Gasteiger charge is -1.71. The van der Waals surface area contributed by atoms with E-state index in [-0.39, 0.29) is 0 Å². The lowest BCUT2D eigenvalue weighted by molar-refractivity contribution is 1.30. The van der Waals surface area contributed by atoms with Gasteiger partial charge in [0.1, 0.15) is 0 Å². The van der Waals surface area contributed by atoms with Crippen molar-refractivity contribution in [2.24, 2.45) is 9.98 Å². The Balaban J connectivity index is 3.00. The average Bonchev–Trinajstić information content (AvgIpc) is 2.14. The van der Waals surface area contributed by atoms with Gasteiger partial charge in [0.05, 0.1) is 0 Å². The van der Waals surface area contributed by atoms with Crippen molar-refractivity contribution in [3.63, 3.8) is 0 Å². The molecule has 0 radical (unpaired) electrons. The fourth-order valence-electron chi connectivity index (χ4n) is 0.332. The Morgan fingerprint density at radius 3 is 2.29 bits per heavy atom. The van der Waals surface area contributed by atoms with Crippen LogP contribution in [0.5, 0.6) is 0 Å². The van der Waals surface area contributed by atoms with Crippen molar-refractivity contribution >= 4 is 12.4 Å². The van der Waals surface area contributed by atoms with Crippen LogP contribution in [0.3, 0.4) is 0 Å². The maximum atomic E-state index is 3.75. The zero-order chi connectivity index (χ0) is 5.11. The summed E-state index contributed by atoms with van der Waals surface area (Å²) < 4.78 is 0. The van der Waals surface area contributed by atoms with Gasteiger partial charge in [-0.15, -0.1) is 0 Å². The van der Waals surface area contributed by atoms with Crippen molar-refractivity contribution in [1.82, 2.24) is 0 Å². The van der Waals surface area contributed by atoms with Gasteiger partial charge in [-0.05, 0) is 0 Å². The Morgan fingerprint density at radius 2 is 2.00 bits per heavy atom. The number of rotatable bonds is 0. The van der Waals surface area contributed by atoms with Gasteiger partial charge in [0.25, 0.3) is 0 Å². The molecule has 1 aliphatic rings. The highest BCUT2D eigenvalue weighted by Gasteiger charge is 1.86. The molecule has 2 nitrogen and oxygen atoms in total. The molecular weight excluding hydrogens is 88.1 g/mol. The Bertz CT molecular complexity index is 157. The first kappa shape index (κ1) is 4.03. The van der Waals surface area contributed by atoms with E-state index in [9.17, 15) is 0 Å². The summed E-state index contributed by atoms with van der Waals surface area (Å²) in [5.41, 5.74) is 2.53. The minimum Gasteiger partial charge on any atom is -0.228 e. The van der Waals surface area contributed by atoms with Gasteiger partial charge < -0.3 is 0 Å². The minimum atomic E-state index is 0.569. The molecule has 0 aromatic rings. The lowest BCUT2D eigenvalue weighted by Crippen LogP contribution is -1.56. The molecule has 1 rings (SSSR count). The molecule has 2 heteroatoms. The van der Waals surface area contributed by atoms with Gasteiger partial charge in [-0.25, -0.2) is 9.98 Å². The van der Waals surface area contributed by atoms with Crippen LogP contribution in [-0.4, -0.2) is 12.4 Å². The molecule has 1 heterocycles. The SMILES string of the molecule is C=C=C1N=CC=N1. The third-order valence-electron chi connectivity index (χ3n) is 0.618. The van der Waals surface area contributed by atoms with Gasteiger partial charge in [0, 0.05) is 12.4 Å². The van der Waals surface area contributed by atoms with Crippen molar-refractivity contribution in [2.75, 3.05) is 0 Å². The number of aliphatic imine (C=N–C) groups is 2. The maximum absolute atomic E-state index is 3.75. The second kappa shape index (κ2) is 1.54. The maximum Gasteiger partial charge on any atom is 0.196 e. The first-order valence-corrected chi connectivity index (χ1v) is 1.90. The molecule has 0 aromatic carbocycles. The molecule has 0 aromatic heterocycles. The predicted octanol–water partition coefficient (Wildman–Crippen LogP) is 0.768. The molecule has 0 bridgehead atoms. The van der Waals surface area contributed by atoms with Gasteiger partial charge in [-0.3, -0.25) is 0 Å². The molecule has 7 heavy (non-hydrogen) atoms. The van der Waals surface area contributed by atoms with Crippen LogP contribution in [0.1, 0.15) is 0 Å². The summed E-state index contributed by atoms with van der Waals surface area (Å²) in [6, 6.07) is 0. The van der Waals surface area contributed by atoms with Gasteiger partial charge >= 0.3 is 0 Å². The molecule has 0 atom stereocenters. The highest BCUT2D eigenvalue weighted by molar-refractivity contribution is 6.18. The van der Waals surface area contributed by atoms with Crippen LogP contribution in [0.4, 0.5) is 0 Å². The van der Waals surface area contributed by atoms with E-state index in [1.54, 1.807) is 12.4 Å². The number of hydrogen-bond acceptors (Lipinski definition) is 2. The second-order valence-corrected chi connectivity index (χ2v) is 1.06. The smallest absolute Gasteiger partial charge is 0.196 e. The lowest BCUT2D eigenvalue weighted by atomic mass is 10.8. The van der Waals surface area contributed by atoms with Gasteiger partial charge in [-0.2, -0.15) is 0 Å². The topological polar surface area (TPSA) is 24.7 Å². The Hall–Kier alpha value is -1.14. The molecule has 0 N–H and O–H groups in total. The first-order valence-electron chi connectivity index (χ1n) is 1.90. The highest BCUT2D eigenvalue weighted by atomic mass is 15.0. The van der Waals surface area contributed by atoms with Crippen LogP contribution in [0.2, 0.25) is 0 Å². The summed E-state index contributed by atoms with van der Waals surface area (Å²) in [6.07, 6.45) is 3.21. The standard InChI is InChI=1S/C5H4N2/c1-2-5-6-3-4-7-5/h3-4H,1H2. The third-order valence-corrected chi connectivity index (χ3v) is 0.618. The van der Waals surface area contributed by atoms with Crippen LogP contribution in [0, 0.1) is 0 Å². The van der Waals surface area contributed by atoms with E-state index in [0.717, 1.165) is 0 Å². The third kappa shape index (κ3) is 0.643. The quantitative estimate of drug-likeness (QED) is 0.394. The van der Waals surface area contributed by atoms with Gasteiger partial charge in [0.15, 0.2) is 5.82 Å². The molecule has 1 aliphatic heterocycles. The fraction of sp³-hybridized carbons (Fsp3) is 0. The summed E-state index contributed by atoms with van der Waals surface area (Å²) in [4.78, 5) is 7.50. The van der Waals surface area contributed by atoms with E-state index >= 15 is 0 Å². The summed E-state index contributed by atoms with van der Waals surface area (Å²) in [7, 11) is 0. The van der Waals surface area contributed by atoms with Crippen LogP contribution in [0.15, 0.2) is 28.1 Å². The second-order valence-electron chi connectivity index (χ2n) is 1.06. The molecular formula is C5H4N2. The number of hydrogen-bond donors (Lipinski definition) is 0. The van der Waals surface area contributed by atoms with E-state index in [4.69, 9.17) is 0 Å². The predicted molar refractivity (Wildman–Crippen MR) is 29.6 cm³/mol. The van der Waals surface area contributed by atoms with Crippen molar-refractivity contribution in [2.45, 2.75) is 0 Å². The molecule has 0 amide bonds. The van der Waals surface area contributed by atoms with E-state index < -0.39 is 0 Å². The van der Waals surface area contributed by atoms with Crippen LogP contribution in [0.25, 0.3) is 0 Å². The Labute approximate surface area is 41.6 Å². The summed E-state index contributed by atoms with van der Waals surface area (Å²) in [6.45, 7) is 3.35. The molecule has 0 unspecified atom stereocenters. The zero-order valence-electron chi connectivity index (χ0n) is 3.76. The van der Waals surface area contributed by atoms with Crippen molar-refractivity contribution in [1.29, 1.82) is 0 Å².